The molecule has 0 aliphatic rings. The lowest BCUT2D eigenvalue weighted by atomic mass is 10.1. The second-order valence-corrected chi connectivity index (χ2v) is 4.39. The lowest BCUT2D eigenvalue weighted by Gasteiger charge is -2.05. The molecule has 1 unspecified atom stereocenters. The van der Waals surface area contributed by atoms with Crippen LogP contribution in [0.5, 0.6) is 0 Å². The number of carbonyl (C=O) groups is 1. The van der Waals surface area contributed by atoms with E-state index < -0.39 is 0 Å². The minimum absolute atomic E-state index is 0.0178. The molecule has 15 heavy (non-hydrogen) atoms. The second-order valence-electron chi connectivity index (χ2n) is 3.27. The first-order chi connectivity index (χ1) is 7.19. The van der Waals surface area contributed by atoms with Crippen molar-refractivity contribution >= 4 is 17.5 Å². The lowest BCUT2D eigenvalue weighted by Crippen LogP contribution is -2.12. The van der Waals surface area contributed by atoms with Crippen LogP contribution in [-0.4, -0.2) is 11.0 Å². The van der Waals surface area contributed by atoms with E-state index in [2.05, 4.69) is 6.92 Å². The Labute approximate surface area is 94.3 Å². The van der Waals surface area contributed by atoms with E-state index in [-0.39, 0.29) is 11.0 Å². The van der Waals surface area contributed by atoms with E-state index in [1.165, 1.54) is 5.56 Å². The van der Waals surface area contributed by atoms with Crippen molar-refractivity contribution in [2.24, 2.45) is 0 Å². The molecular formula is C12H13NOS. The molecule has 1 rings (SSSR count). The van der Waals surface area contributed by atoms with Crippen molar-refractivity contribution in [1.29, 1.82) is 5.26 Å². The van der Waals surface area contributed by atoms with Gasteiger partial charge in [0.2, 0.25) is 0 Å². The Morgan fingerprint density at radius 3 is 2.53 bits per heavy atom. The number of ketones is 1. The molecule has 0 aliphatic carbocycles. The third-order valence-electron chi connectivity index (χ3n) is 2.25. The smallest absolute Gasteiger partial charge is 0.176 e. The van der Waals surface area contributed by atoms with Crippen LogP contribution in [0.25, 0.3) is 0 Å². The quantitative estimate of drug-likeness (QED) is 0.577. The molecule has 0 N–H and O–H groups in total. The standard InChI is InChI=1S/C12H13NOS/c1-3-10-4-6-11(7-5-10)12(14)9(2)15-8-13/h4-7,9H,3H2,1-2H3. The highest BCUT2D eigenvalue weighted by molar-refractivity contribution is 8.04. The maximum Gasteiger partial charge on any atom is 0.176 e. The summed E-state index contributed by atoms with van der Waals surface area (Å²) in [6.45, 7) is 3.83. The van der Waals surface area contributed by atoms with Crippen LogP contribution in [0.3, 0.4) is 0 Å². The largest absolute Gasteiger partial charge is 0.293 e. The summed E-state index contributed by atoms with van der Waals surface area (Å²) in [7, 11) is 0. The predicted molar refractivity (Wildman–Crippen MR) is 62.8 cm³/mol. The lowest BCUT2D eigenvalue weighted by molar-refractivity contribution is 0.0994. The molecule has 0 aliphatic heterocycles. The van der Waals surface area contributed by atoms with Gasteiger partial charge in [-0.15, -0.1) is 0 Å². The van der Waals surface area contributed by atoms with E-state index in [0.29, 0.717) is 5.56 Å². The molecule has 0 heterocycles. The Balaban J connectivity index is 2.79. The van der Waals surface area contributed by atoms with Crippen molar-refractivity contribution < 1.29 is 4.79 Å². The Morgan fingerprint density at radius 2 is 2.07 bits per heavy atom. The number of nitriles is 1. The molecule has 0 radical (unpaired) electrons. The van der Waals surface area contributed by atoms with Crippen molar-refractivity contribution in [2.75, 3.05) is 0 Å². The van der Waals surface area contributed by atoms with Gasteiger partial charge in [0.1, 0.15) is 5.40 Å². The SMILES string of the molecule is CCc1ccc(C(=O)C(C)SC#N)cc1. The minimum Gasteiger partial charge on any atom is -0.293 e. The highest BCUT2D eigenvalue weighted by atomic mass is 32.2. The monoisotopic (exact) mass is 219 g/mol. The first-order valence-corrected chi connectivity index (χ1v) is 5.75. The van der Waals surface area contributed by atoms with E-state index in [4.69, 9.17) is 5.26 Å². The number of benzene rings is 1. The molecule has 3 heteroatoms. The first-order valence-electron chi connectivity index (χ1n) is 4.87. The van der Waals surface area contributed by atoms with E-state index in [9.17, 15) is 4.79 Å². The fraction of sp³-hybridized carbons (Fsp3) is 0.333. The molecular weight excluding hydrogens is 206 g/mol. The van der Waals surface area contributed by atoms with Crippen molar-refractivity contribution in [1.82, 2.24) is 0 Å². The molecule has 0 aromatic heterocycles. The Kier molecular flexibility index (Phi) is 4.38. The maximum atomic E-state index is 11.8. The number of hydrogen-bond acceptors (Lipinski definition) is 3. The van der Waals surface area contributed by atoms with Gasteiger partial charge in [-0.25, -0.2) is 0 Å². The molecule has 78 valence electrons. The molecule has 0 fully saturated rings. The molecule has 1 atom stereocenters. The summed E-state index contributed by atoms with van der Waals surface area (Å²) < 4.78 is 0. The zero-order valence-electron chi connectivity index (χ0n) is 8.86. The fourth-order valence-corrected chi connectivity index (χ4v) is 1.67. The number of Topliss-reactive ketones (excluding diaryl/α,β-unsaturated/α-hetero) is 1. The van der Waals surface area contributed by atoms with Crippen LogP contribution in [0.15, 0.2) is 24.3 Å². The highest BCUT2D eigenvalue weighted by Crippen LogP contribution is 2.15. The highest BCUT2D eigenvalue weighted by Gasteiger charge is 2.15. The molecule has 0 saturated carbocycles. The van der Waals surface area contributed by atoms with Gasteiger partial charge in [-0.05, 0) is 30.7 Å². The zero-order valence-corrected chi connectivity index (χ0v) is 9.67. The van der Waals surface area contributed by atoms with Crippen LogP contribution >= 0.6 is 11.8 Å². The third kappa shape index (κ3) is 3.10. The summed E-state index contributed by atoms with van der Waals surface area (Å²) in [6, 6.07) is 7.57. The number of carbonyl (C=O) groups excluding carboxylic acids is 1. The van der Waals surface area contributed by atoms with Crippen LogP contribution in [0, 0.1) is 10.7 Å². The van der Waals surface area contributed by atoms with E-state index in [1.807, 2.05) is 29.7 Å². The van der Waals surface area contributed by atoms with Crippen molar-refractivity contribution in [3.05, 3.63) is 35.4 Å². The Hall–Kier alpha value is -1.27. The number of rotatable bonds is 4. The molecule has 0 spiro atoms. The van der Waals surface area contributed by atoms with Gasteiger partial charge in [-0.1, -0.05) is 31.2 Å². The van der Waals surface area contributed by atoms with Gasteiger partial charge >= 0.3 is 0 Å². The van der Waals surface area contributed by atoms with E-state index in [1.54, 1.807) is 6.92 Å². The van der Waals surface area contributed by atoms with Crippen LogP contribution in [0.4, 0.5) is 0 Å². The van der Waals surface area contributed by atoms with Gasteiger partial charge in [-0.3, -0.25) is 4.79 Å². The van der Waals surface area contributed by atoms with Gasteiger partial charge in [0, 0.05) is 5.56 Å². The average Bonchev–Trinajstić information content (AvgIpc) is 2.28. The summed E-state index contributed by atoms with van der Waals surface area (Å²) in [6.07, 6.45) is 0.969. The summed E-state index contributed by atoms with van der Waals surface area (Å²) in [5, 5.41) is 10.1. The number of thioether (sulfide) groups is 1. The van der Waals surface area contributed by atoms with Crippen LogP contribution in [0.2, 0.25) is 0 Å². The molecule has 2 nitrogen and oxygen atoms in total. The van der Waals surface area contributed by atoms with Crippen molar-refractivity contribution in [2.45, 2.75) is 25.5 Å². The first kappa shape index (κ1) is 11.8. The topological polar surface area (TPSA) is 40.9 Å². The molecule has 1 aromatic carbocycles. The third-order valence-corrected chi connectivity index (χ3v) is 2.92. The van der Waals surface area contributed by atoms with Gasteiger partial charge in [0.25, 0.3) is 0 Å². The molecule has 0 saturated heterocycles. The van der Waals surface area contributed by atoms with Gasteiger partial charge in [0.15, 0.2) is 5.78 Å². The molecule has 0 bridgehead atoms. The molecule has 0 amide bonds. The summed E-state index contributed by atoms with van der Waals surface area (Å²) in [5.74, 6) is 0.0178. The minimum atomic E-state index is -0.289. The van der Waals surface area contributed by atoms with E-state index >= 15 is 0 Å². The number of nitrogens with zero attached hydrogens (tertiary/aromatic N) is 1. The van der Waals surface area contributed by atoms with Gasteiger partial charge < -0.3 is 0 Å². The predicted octanol–water partition coefficient (Wildman–Crippen LogP) is 3.03. The zero-order chi connectivity index (χ0) is 11.3. The summed E-state index contributed by atoms with van der Waals surface area (Å²) in [4.78, 5) is 11.8. The fourth-order valence-electron chi connectivity index (χ4n) is 1.27. The number of hydrogen-bond donors (Lipinski definition) is 0. The van der Waals surface area contributed by atoms with Gasteiger partial charge in [-0.2, -0.15) is 5.26 Å². The maximum absolute atomic E-state index is 11.8. The van der Waals surface area contributed by atoms with Crippen LogP contribution in [-0.2, 0) is 6.42 Å². The second kappa shape index (κ2) is 5.57. The van der Waals surface area contributed by atoms with Crippen molar-refractivity contribution in [3.8, 4) is 5.40 Å². The van der Waals surface area contributed by atoms with Crippen molar-refractivity contribution in [3.63, 3.8) is 0 Å². The van der Waals surface area contributed by atoms with E-state index in [0.717, 1.165) is 18.2 Å². The van der Waals surface area contributed by atoms with Crippen LogP contribution < -0.4 is 0 Å². The van der Waals surface area contributed by atoms with Gasteiger partial charge in [0.05, 0.1) is 5.25 Å². The Morgan fingerprint density at radius 1 is 1.47 bits per heavy atom. The van der Waals surface area contributed by atoms with Crippen LogP contribution in [0.1, 0.15) is 29.8 Å². The normalized spacial score (nSPS) is 11.8. The summed E-state index contributed by atoms with van der Waals surface area (Å²) in [5.41, 5.74) is 1.90. The average molecular weight is 219 g/mol. The molecule has 1 aromatic rings. The Bertz CT molecular complexity index is 378. The summed E-state index contributed by atoms with van der Waals surface area (Å²) >= 11 is 1.00. The number of aryl methyl sites for hydroxylation is 1. The number of thiocyanates is 1.